The van der Waals surface area contributed by atoms with Crippen molar-refractivity contribution in [1.29, 1.82) is 0 Å². The average molecular weight is 292 g/mol. The predicted molar refractivity (Wildman–Crippen MR) is 77.6 cm³/mol. The van der Waals surface area contributed by atoms with Crippen molar-refractivity contribution in [1.82, 2.24) is 4.98 Å². The van der Waals surface area contributed by atoms with E-state index in [1.807, 2.05) is 6.92 Å². The summed E-state index contributed by atoms with van der Waals surface area (Å²) in [6, 6.07) is 11.0. The summed E-state index contributed by atoms with van der Waals surface area (Å²) in [4.78, 5) is 4.29. The van der Waals surface area contributed by atoms with E-state index in [1.165, 1.54) is 12.1 Å². The van der Waals surface area contributed by atoms with Crippen molar-refractivity contribution < 1.29 is 13.5 Å². The summed E-state index contributed by atoms with van der Waals surface area (Å²) in [5.41, 5.74) is 6.86. The summed E-state index contributed by atoms with van der Waals surface area (Å²) < 4.78 is 33.4. The number of aryl methyl sites for hydroxylation is 1. The molecule has 0 unspecified atom stereocenters. The molecular weight excluding hydrogens is 274 g/mol. The third-order valence-electron chi connectivity index (χ3n) is 3.06. The normalized spacial score (nSPS) is 11.4. The number of rotatable bonds is 6. The zero-order chi connectivity index (χ0) is 15.3. The molecule has 0 aliphatic heterocycles. The number of alkyl halides is 2. The Labute approximate surface area is 122 Å². The molecule has 0 amide bonds. The third-order valence-corrected chi connectivity index (χ3v) is 3.06. The van der Waals surface area contributed by atoms with Crippen molar-refractivity contribution in [2.24, 2.45) is 5.73 Å². The lowest BCUT2D eigenvalue weighted by molar-refractivity contribution is -0.0470. The van der Waals surface area contributed by atoms with Crippen molar-refractivity contribution in [2.75, 3.05) is 13.2 Å². The Hall–Kier alpha value is -2.01. The zero-order valence-electron chi connectivity index (χ0n) is 11.9. The molecule has 21 heavy (non-hydrogen) atoms. The van der Waals surface area contributed by atoms with Crippen molar-refractivity contribution >= 4 is 0 Å². The molecule has 5 heteroatoms. The van der Waals surface area contributed by atoms with Crippen molar-refractivity contribution in [3.05, 3.63) is 59.4 Å². The number of hydrogen-bond acceptors (Lipinski definition) is 3. The summed E-state index contributed by atoms with van der Waals surface area (Å²) in [6.45, 7) is 1.50. The molecule has 1 heterocycles. The summed E-state index contributed by atoms with van der Waals surface area (Å²) in [7, 11) is 0. The van der Waals surface area contributed by atoms with E-state index < -0.39 is 12.5 Å². The van der Waals surface area contributed by atoms with Crippen LogP contribution in [0.15, 0.2) is 42.5 Å². The van der Waals surface area contributed by atoms with Crippen LogP contribution in [0.4, 0.5) is 8.78 Å². The minimum absolute atomic E-state index is 0.0644. The van der Waals surface area contributed by atoms with Crippen LogP contribution < -0.4 is 10.5 Å². The highest BCUT2D eigenvalue weighted by atomic mass is 19.3. The molecule has 2 rings (SSSR count). The van der Waals surface area contributed by atoms with Gasteiger partial charge in [0.05, 0.1) is 5.69 Å². The van der Waals surface area contributed by atoms with Crippen LogP contribution in [0.5, 0.6) is 5.75 Å². The molecule has 0 fully saturated rings. The Bertz CT molecular complexity index is 588. The standard InChI is InChI=1S/C16H18F2N2O/c1-12-7-8-15(14(20-12)9-10-19)21-11-16(17,18)13-5-3-2-4-6-13/h2-8H,9-11,19H2,1H3. The second kappa shape index (κ2) is 6.63. The molecule has 0 atom stereocenters. The molecule has 1 aromatic carbocycles. The van der Waals surface area contributed by atoms with Crippen LogP contribution in [0.3, 0.4) is 0 Å². The Morgan fingerprint density at radius 1 is 1.14 bits per heavy atom. The Morgan fingerprint density at radius 3 is 2.52 bits per heavy atom. The van der Waals surface area contributed by atoms with Crippen LogP contribution in [-0.2, 0) is 12.3 Å². The van der Waals surface area contributed by atoms with Crippen molar-refractivity contribution in [2.45, 2.75) is 19.3 Å². The van der Waals surface area contributed by atoms with E-state index in [0.717, 1.165) is 5.69 Å². The van der Waals surface area contributed by atoms with Gasteiger partial charge in [0.15, 0.2) is 6.61 Å². The number of halogens is 2. The Morgan fingerprint density at radius 2 is 1.86 bits per heavy atom. The third kappa shape index (κ3) is 3.98. The van der Waals surface area contributed by atoms with Gasteiger partial charge in [-0.2, -0.15) is 8.78 Å². The molecule has 0 radical (unpaired) electrons. The Kier molecular flexibility index (Phi) is 4.85. The van der Waals surface area contributed by atoms with E-state index in [9.17, 15) is 8.78 Å². The van der Waals surface area contributed by atoms with Gasteiger partial charge in [-0.15, -0.1) is 0 Å². The first-order chi connectivity index (χ1) is 10.0. The molecule has 0 aliphatic carbocycles. The van der Waals surface area contributed by atoms with Gasteiger partial charge in [0.25, 0.3) is 0 Å². The van der Waals surface area contributed by atoms with E-state index in [2.05, 4.69) is 4.98 Å². The van der Waals surface area contributed by atoms with Gasteiger partial charge < -0.3 is 10.5 Å². The zero-order valence-corrected chi connectivity index (χ0v) is 11.9. The van der Waals surface area contributed by atoms with Crippen molar-refractivity contribution in [3.63, 3.8) is 0 Å². The minimum Gasteiger partial charge on any atom is -0.485 e. The summed E-state index contributed by atoms with van der Waals surface area (Å²) >= 11 is 0. The maximum Gasteiger partial charge on any atom is 0.306 e. The highest BCUT2D eigenvalue weighted by molar-refractivity contribution is 5.30. The van der Waals surface area contributed by atoms with Gasteiger partial charge in [0.1, 0.15) is 5.75 Å². The summed E-state index contributed by atoms with van der Waals surface area (Å²) in [5, 5.41) is 0. The first kappa shape index (κ1) is 15.4. The van der Waals surface area contributed by atoms with Gasteiger partial charge in [-0.1, -0.05) is 30.3 Å². The monoisotopic (exact) mass is 292 g/mol. The molecule has 2 N–H and O–H groups in total. The number of aromatic nitrogens is 1. The molecule has 112 valence electrons. The lowest BCUT2D eigenvalue weighted by atomic mass is 10.1. The van der Waals surface area contributed by atoms with E-state index >= 15 is 0 Å². The predicted octanol–water partition coefficient (Wildman–Crippen LogP) is 3.06. The average Bonchev–Trinajstić information content (AvgIpc) is 2.48. The van der Waals surface area contributed by atoms with Crippen LogP contribution in [0.25, 0.3) is 0 Å². The highest BCUT2D eigenvalue weighted by Gasteiger charge is 2.32. The number of pyridine rings is 1. The molecular formula is C16H18F2N2O. The van der Waals surface area contributed by atoms with Crippen LogP contribution in [0.2, 0.25) is 0 Å². The smallest absolute Gasteiger partial charge is 0.306 e. The summed E-state index contributed by atoms with van der Waals surface area (Å²) in [5.74, 6) is -2.69. The molecule has 0 spiro atoms. The second-order valence-electron chi connectivity index (χ2n) is 4.80. The van der Waals surface area contributed by atoms with Gasteiger partial charge in [0.2, 0.25) is 0 Å². The molecule has 1 aromatic heterocycles. The lowest BCUT2D eigenvalue weighted by Gasteiger charge is -2.18. The minimum atomic E-state index is -3.05. The van der Waals surface area contributed by atoms with Gasteiger partial charge in [-0.05, 0) is 25.6 Å². The fourth-order valence-electron chi connectivity index (χ4n) is 1.98. The summed E-state index contributed by atoms with van der Waals surface area (Å²) in [6.07, 6.45) is 0.494. The molecule has 3 nitrogen and oxygen atoms in total. The number of hydrogen-bond donors (Lipinski definition) is 1. The van der Waals surface area contributed by atoms with Crippen LogP contribution >= 0.6 is 0 Å². The SMILES string of the molecule is Cc1ccc(OCC(F)(F)c2ccccc2)c(CCN)n1. The Balaban J connectivity index is 2.12. The number of nitrogens with zero attached hydrogens (tertiary/aromatic N) is 1. The lowest BCUT2D eigenvalue weighted by Crippen LogP contribution is -2.23. The molecule has 2 aromatic rings. The highest BCUT2D eigenvalue weighted by Crippen LogP contribution is 2.29. The van der Waals surface area contributed by atoms with Gasteiger partial charge >= 0.3 is 5.92 Å². The van der Waals surface area contributed by atoms with Crippen LogP contribution in [-0.4, -0.2) is 18.1 Å². The molecule has 0 aliphatic rings. The first-order valence-corrected chi connectivity index (χ1v) is 6.75. The topological polar surface area (TPSA) is 48.1 Å². The first-order valence-electron chi connectivity index (χ1n) is 6.75. The molecule has 0 bridgehead atoms. The van der Waals surface area contributed by atoms with Crippen LogP contribution in [0.1, 0.15) is 17.0 Å². The van der Waals surface area contributed by atoms with E-state index in [4.69, 9.17) is 10.5 Å². The largest absolute Gasteiger partial charge is 0.485 e. The fourth-order valence-corrected chi connectivity index (χ4v) is 1.98. The van der Waals surface area contributed by atoms with Gasteiger partial charge in [-0.3, -0.25) is 4.98 Å². The number of ether oxygens (including phenoxy) is 1. The molecule has 0 saturated heterocycles. The quantitative estimate of drug-likeness (QED) is 0.890. The maximum atomic E-state index is 14.1. The maximum absolute atomic E-state index is 14.1. The van der Waals surface area contributed by atoms with E-state index in [0.29, 0.717) is 24.4 Å². The second-order valence-corrected chi connectivity index (χ2v) is 4.80. The van der Waals surface area contributed by atoms with Crippen LogP contribution in [0, 0.1) is 6.92 Å². The number of benzene rings is 1. The van der Waals surface area contributed by atoms with Gasteiger partial charge in [0, 0.05) is 17.7 Å². The van der Waals surface area contributed by atoms with E-state index in [1.54, 1.807) is 30.3 Å². The van der Waals surface area contributed by atoms with Gasteiger partial charge in [-0.25, -0.2) is 0 Å². The molecule has 0 saturated carbocycles. The number of nitrogens with two attached hydrogens (primary N) is 1. The fraction of sp³-hybridized carbons (Fsp3) is 0.312. The van der Waals surface area contributed by atoms with E-state index in [-0.39, 0.29) is 5.56 Å². The van der Waals surface area contributed by atoms with Crippen molar-refractivity contribution in [3.8, 4) is 5.75 Å².